The molecule has 1 aromatic carbocycles. The number of amides is 2. The van der Waals surface area contributed by atoms with Crippen LogP contribution in [0.1, 0.15) is 39.0 Å². The lowest BCUT2D eigenvalue weighted by Crippen LogP contribution is -2.41. The fraction of sp³-hybridized carbons (Fsp3) is 0.556. The van der Waals surface area contributed by atoms with Crippen LogP contribution >= 0.6 is 0 Å². The summed E-state index contributed by atoms with van der Waals surface area (Å²) in [5, 5.41) is 2.75. The van der Waals surface area contributed by atoms with Crippen molar-refractivity contribution in [1.82, 2.24) is 4.31 Å². The minimum atomic E-state index is -3.72. The Morgan fingerprint density at radius 2 is 2.04 bits per heavy atom. The molecule has 2 heterocycles. The molecule has 2 aliphatic heterocycles. The number of nitrogens with two attached hydrogens (primary N) is 1. The maximum absolute atomic E-state index is 12.9. The van der Waals surface area contributed by atoms with Gasteiger partial charge in [0, 0.05) is 19.0 Å². The van der Waals surface area contributed by atoms with E-state index in [1.807, 2.05) is 6.92 Å². The number of nitrogens with one attached hydrogen (secondary N) is 1. The highest BCUT2D eigenvalue weighted by molar-refractivity contribution is 7.89. The lowest BCUT2D eigenvalue weighted by molar-refractivity contribution is -0.124. The summed E-state index contributed by atoms with van der Waals surface area (Å²) >= 11 is 0. The molecule has 8 nitrogen and oxygen atoms in total. The highest BCUT2D eigenvalue weighted by Gasteiger charge is 2.33. The fourth-order valence-electron chi connectivity index (χ4n) is 3.40. The number of carbonyl (C=O) groups is 2. The first-order chi connectivity index (χ1) is 12.8. The minimum absolute atomic E-state index is 0.0923. The maximum atomic E-state index is 12.9. The summed E-state index contributed by atoms with van der Waals surface area (Å²) in [5.74, 6) is -0.457. The molecule has 0 radical (unpaired) electrons. The van der Waals surface area contributed by atoms with Crippen LogP contribution < -0.4 is 15.8 Å². The summed E-state index contributed by atoms with van der Waals surface area (Å²) in [6.45, 7) is 2.53. The van der Waals surface area contributed by atoms with Gasteiger partial charge >= 0.3 is 0 Å². The molecule has 0 aliphatic carbocycles. The van der Waals surface area contributed by atoms with Gasteiger partial charge in [-0.05, 0) is 43.9 Å². The number of piperidine rings is 1. The van der Waals surface area contributed by atoms with Crippen molar-refractivity contribution in [2.45, 2.75) is 50.0 Å². The van der Waals surface area contributed by atoms with Gasteiger partial charge in [-0.3, -0.25) is 9.59 Å². The second kappa shape index (κ2) is 7.85. The average Bonchev–Trinajstić information content (AvgIpc) is 2.66. The molecule has 27 heavy (non-hydrogen) atoms. The Labute approximate surface area is 159 Å². The largest absolute Gasteiger partial charge is 0.478 e. The molecule has 1 unspecified atom stereocenters. The third kappa shape index (κ3) is 4.08. The van der Waals surface area contributed by atoms with E-state index in [2.05, 4.69) is 5.32 Å². The maximum Gasteiger partial charge on any atom is 0.265 e. The van der Waals surface area contributed by atoms with Gasteiger partial charge in [-0.1, -0.05) is 13.3 Å². The standard InChI is InChI=1S/C18H25N3O5S/c1-2-3-4-16-18(23)20-14-11-13(5-6-15(14)26-16)27(24,25)21-9-7-12(8-10-21)17(19)22/h5-6,11-12,16H,2-4,7-10H2,1H3,(H2,19,22)(H,20,23). The molecule has 9 heteroatoms. The van der Waals surface area contributed by atoms with Crippen LogP contribution in [-0.4, -0.2) is 43.7 Å². The Balaban J connectivity index is 1.76. The van der Waals surface area contributed by atoms with E-state index in [0.717, 1.165) is 12.8 Å². The molecule has 1 aromatic rings. The third-order valence-corrected chi connectivity index (χ3v) is 6.98. The van der Waals surface area contributed by atoms with Crippen molar-refractivity contribution >= 4 is 27.5 Å². The number of hydrogen-bond acceptors (Lipinski definition) is 5. The summed E-state index contributed by atoms with van der Waals surface area (Å²) in [5.41, 5.74) is 5.66. The highest BCUT2D eigenvalue weighted by Crippen LogP contribution is 2.34. The van der Waals surface area contributed by atoms with Crippen molar-refractivity contribution in [3.63, 3.8) is 0 Å². The van der Waals surface area contributed by atoms with Gasteiger partial charge < -0.3 is 15.8 Å². The van der Waals surface area contributed by atoms with Crippen molar-refractivity contribution in [2.24, 2.45) is 11.7 Å². The first-order valence-corrected chi connectivity index (χ1v) is 10.7. The average molecular weight is 395 g/mol. The van der Waals surface area contributed by atoms with Gasteiger partial charge in [-0.15, -0.1) is 0 Å². The van der Waals surface area contributed by atoms with Gasteiger partial charge in [-0.2, -0.15) is 4.31 Å². The second-order valence-corrected chi connectivity index (χ2v) is 8.91. The highest BCUT2D eigenvalue weighted by atomic mass is 32.2. The molecular weight excluding hydrogens is 370 g/mol. The van der Waals surface area contributed by atoms with Crippen molar-refractivity contribution in [1.29, 1.82) is 0 Å². The van der Waals surface area contributed by atoms with Gasteiger partial charge in [0.1, 0.15) is 5.75 Å². The molecule has 1 saturated heterocycles. The molecule has 0 saturated carbocycles. The van der Waals surface area contributed by atoms with Crippen LogP contribution in [0.3, 0.4) is 0 Å². The Hall–Kier alpha value is -2.13. The predicted octanol–water partition coefficient (Wildman–Crippen LogP) is 1.46. The number of rotatable bonds is 6. The topological polar surface area (TPSA) is 119 Å². The second-order valence-electron chi connectivity index (χ2n) is 6.98. The summed E-state index contributed by atoms with van der Waals surface area (Å²) in [6.07, 6.45) is 2.74. The Bertz CT molecular complexity index is 831. The lowest BCUT2D eigenvalue weighted by Gasteiger charge is -2.30. The molecule has 0 bridgehead atoms. The number of nitrogens with zero attached hydrogens (tertiary/aromatic N) is 1. The monoisotopic (exact) mass is 395 g/mol. The van der Waals surface area contributed by atoms with E-state index in [9.17, 15) is 18.0 Å². The number of sulfonamides is 1. The summed E-state index contributed by atoms with van der Waals surface area (Å²) in [4.78, 5) is 23.5. The molecule has 1 atom stereocenters. The SMILES string of the molecule is CCCCC1Oc2ccc(S(=O)(=O)N3CCC(C(N)=O)CC3)cc2NC1=O. The summed E-state index contributed by atoms with van der Waals surface area (Å²) in [7, 11) is -3.72. The Morgan fingerprint density at radius 1 is 1.33 bits per heavy atom. The van der Waals surface area contributed by atoms with Crippen molar-refractivity contribution in [3.05, 3.63) is 18.2 Å². The van der Waals surface area contributed by atoms with E-state index < -0.39 is 22.0 Å². The number of anilines is 1. The van der Waals surface area contributed by atoms with Crippen molar-refractivity contribution < 1.29 is 22.7 Å². The number of ether oxygens (including phenoxy) is 1. The van der Waals surface area contributed by atoms with Crippen molar-refractivity contribution in [2.75, 3.05) is 18.4 Å². The molecule has 2 amide bonds. The molecule has 1 fully saturated rings. The van der Waals surface area contributed by atoms with Crippen LogP contribution in [0.5, 0.6) is 5.75 Å². The summed E-state index contributed by atoms with van der Waals surface area (Å²) in [6, 6.07) is 4.50. The molecule has 2 aliphatic rings. The fourth-order valence-corrected chi connectivity index (χ4v) is 4.90. The molecule has 0 spiro atoms. The smallest absolute Gasteiger partial charge is 0.265 e. The third-order valence-electron chi connectivity index (χ3n) is 5.08. The van der Waals surface area contributed by atoms with Crippen LogP contribution in [0.2, 0.25) is 0 Å². The lowest BCUT2D eigenvalue weighted by atomic mass is 9.98. The normalized spacial score (nSPS) is 21.2. The number of benzene rings is 1. The number of unbranched alkanes of at least 4 members (excludes halogenated alkanes) is 1. The molecule has 3 N–H and O–H groups in total. The molecule has 0 aromatic heterocycles. The van der Waals surface area contributed by atoms with Crippen LogP contribution in [0.15, 0.2) is 23.1 Å². The van der Waals surface area contributed by atoms with E-state index >= 15 is 0 Å². The van der Waals surface area contributed by atoms with Crippen molar-refractivity contribution in [3.8, 4) is 5.75 Å². The van der Waals surface area contributed by atoms with Crippen LogP contribution in [0.25, 0.3) is 0 Å². The number of carbonyl (C=O) groups excluding carboxylic acids is 2. The summed E-state index contributed by atoms with van der Waals surface area (Å²) < 4.78 is 32.9. The number of hydrogen-bond donors (Lipinski definition) is 2. The van der Waals surface area contributed by atoms with Gasteiger partial charge in [0.2, 0.25) is 15.9 Å². The van der Waals surface area contributed by atoms with E-state index in [1.165, 1.54) is 16.4 Å². The predicted molar refractivity (Wildman–Crippen MR) is 99.7 cm³/mol. The van der Waals surface area contributed by atoms with Gasteiger partial charge in [-0.25, -0.2) is 8.42 Å². The zero-order valence-electron chi connectivity index (χ0n) is 15.3. The van der Waals surface area contributed by atoms with Gasteiger partial charge in [0.25, 0.3) is 5.91 Å². The van der Waals surface area contributed by atoms with Gasteiger partial charge in [0.05, 0.1) is 10.6 Å². The zero-order chi connectivity index (χ0) is 19.6. The van der Waals surface area contributed by atoms with E-state index in [4.69, 9.17) is 10.5 Å². The minimum Gasteiger partial charge on any atom is -0.478 e. The quantitative estimate of drug-likeness (QED) is 0.756. The van der Waals surface area contributed by atoms with E-state index in [-0.39, 0.29) is 29.8 Å². The van der Waals surface area contributed by atoms with Crippen LogP contribution in [-0.2, 0) is 19.6 Å². The molecule has 3 rings (SSSR count). The van der Waals surface area contributed by atoms with E-state index in [0.29, 0.717) is 30.7 Å². The number of primary amides is 1. The first-order valence-electron chi connectivity index (χ1n) is 9.24. The Morgan fingerprint density at radius 3 is 2.67 bits per heavy atom. The molecular formula is C18H25N3O5S. The molecule has 148 valence electrons. The van der Waals surface area contributed by atoms with Gasteiger partial charge in [0.15, 0.2) is 6.10 Å². The van der Waals surface area contributed by atoms with E-state index in [1.54, 1.807) is 6.07 Å². The van der Waals surface area contributed by atoms with Crippen LogP contribution in [0.4, 0.5) is 5.69 Å². The zero-order valence-corrected chi connectivity index (χ0v) is 16.1. The number of fused-ring (bicyclic) bond motifs is 1. The first kappa shape index (κ1) is 19.6. The Kier molecular flexibility index (Phi) is 5.71. The van der Waals surface area contributed by atoms with Crippen LogP contribution in [0, 0.1) is 5.92 Å².